The molecule has 0 spiro atoms. The zero-order valence-electron chi connectivity index (χ0n) is 17.9. The molecule has 0 radical (unpaired) electrons. The van der Waals surface area contributed by atoms with E-state index < -0.39 is 0 Å². The molecule has 0 aliphatic rings. The summed E-state index contributed by atoms with van der Waals surface area (Å²) < 4.78 is 18.2. The average molecular weight is 444 g/mol. The number of nitrogens with one attached hydrogen (secondary N) is 1. The number of hydrogen-bond donors (Lipinski definition) is 1. The van der Waals surface area contributed by atoms with Crippen LogP contribution in [0.3, 0.4) is 0 Å². The molecule has 1 N–H and O–H groups in total. The Hall–Kier alpha value is -3.19. The van der Waals surface area contributed by atoms with Gasteiger partial charge in [-0.15, -0.1) is 0 Å². The number of methoxy groups -OCH3 is 2. The molecule has 3 rings (SSSR count). The van der Waals surface area contributed by atoms with Crippen LogP contribution in [0, 0.1) is 6.92 Å². The Morgan fingerprint density at radius 2 is 2.00 bits per heavy atom. The quantitative estimate of drug-likeness (QED) is 0.459. The minimum Gasteiger partial charge on any atom is -0.494 e. The Labute approximate surface area is 186 Å². The Morgan fingerprint density at radius 3 is 2.74 bits per heavy atom. The maximum atomic E-state index is 12.4. The number of nitrogens with zero attached hydrogens (tertiary/aromatic N) is 2. The molecule has 0 saturated heterocycles. The van der Waals surface area contributed by atoms with Crippen LogP contribution in [0.15, 0.2) is 48.7 Å². The predicted octanol–water partition coefficient (Wildman–Crippen LogP) is 4.71. The van der Waals surface area contributed by atoms with Gasteiger partial charge in [0.15, 0.2) is 11.5 Å². The van der Waals surface area contributed by atoms with E-state index in [4.69, 9.17) is 25.8 Å². The van der Waals surface area contributed by atoms with Crippen molar-refractivity contribution in [3.63, 3.8) is 0 Å². The van der Waals surface area contributed by atoms with Crippen molar-refractivity contribution in [3.8, 4) is 17.2 Å². The van der Waals surface area contributed by atoms with Crippen molar-refractivity contribution in [1.82, 2.24) is 9.78 Å². The van der Waals surface area contributed by atoms with Gasteiger partial charge in [-0.2, -0.15) is 5.10 Å². The van der Waals surface area contributed by atoms with Gasteiger partial charge in [0.1, 0.15) is 11.6 Å². The average Bonchev–Trinajstić information content (AvgIpc) is 3.19. The summed E-state index contributed by atoms with van der Waals surface area (Å²) in [5, 5.41) is 7.93. The summed E-state index contributed by atoms with van der Waals surface area (Å²) in [6, 6.07) is 12.9. The largest absolute Gasteiger partial charge is 0.494 e. The van der Waals surface area contributed by atoms with E-state index in [1.165, 1.54) is 0 Å². The molecule has 1 amide bonds. The standard InChI is InChI=1S/C23H26ClN3O4/c1-16-14-18(9-10-19(16)24)31-13-5-8-22(28)26-21-11-12-25-27(21)15-17-6-4-7-20(29-2)23(17)30-3/h4,6-7,9-12,14H,5,8,13,15H2,1-3H3,(H,26,28). The molecule has 8 heteroatoms. The smallest absolute Gasteiger partial charge is 0.225 e. The van der Waals surface area contributed by atoms with Crippen LogP contribution in [0.5, 0.6) is 17.2 Å². The van der Waals surface area contributed by atoms with E-state index in [1.54, 1.807) is 37.2 Å². The van der Waals surface area contributed by atoms with Gasteiger partial charge >= 0.3 is 0 Å². The lowest BCUT2D eigenvalue weighted by Gasteiger charge is -2.14. The first kappa shape index (κ1) is 22.5. The Morgan fingerprint density at radius 1 is 1.16 bits per heavy atom. The maximum Gasteiger partial charge on any atom is 0.225 e. The lowest BCUT2D eigenvalue weighted by atomic mass is 10.2. The number of aromatic nitrogens is 2. The molecule has 1 aromatic heterocycles. The molecule has 31 heavy (non-hydrogen) atoms. The molecule has 2 aromatic carbocycles. The number of para-hydroxylation sites is 1. The summed E-state index contributed by atoms with van der Waals surface area (Å²) in [5.74, 6) is 2.55. The van der Waals surface area contributed by atoms with Crippen molar-refractivity contribution in [2.75, 3.05) is 26.1 Å². The van der Waals surface area contributed by atoms with Crippen LogP contribution in [-0.4, -0.2) is 36.5 Å². The van der Waals surface area contributed by atoms with Gasteiger partial charge in [0, 0.05) is 23.1 Å². The number of aryl methyl sites for hydroxylation is 1. The highest BCUT2D eigenvalue weighted by molar-refractivity contribution is 6.31. The van der Waals surface area contributed by atoms with Gasteiger partial charge in [0.05, 0.1) is 33.6 Å². The first-order chi connectivity index (χ1) is 15.0. The highest BCUT2D eigenvalue weighted by atomic mass is 35.5. The minimum atomic E-state index is -0.102. The number of carbonyl (C=O) groups excluding carboxylic acids is 1. The van der Waals surface area contributed by atoms with E-state index in [0.717, 1.165) is 16.9 Å². The Kier molecular flexibility index (Phi) is 7.78. The second-order valence-electron chi connectivity index (χ2n) is 6.94. The lowest BCUT2D eigenvalue weighted by molar-refractivity contribution is -0.116. The number of hydrogen-bond acceptors (Lipinski definition) is 5. The van der Waals surface area contributed by atoms with Crippen molar-refractivity contribution in [3.05, 3.63) is 64.8 Å². The number of amides is 1. The SMILES string of the molecule is COc1cccc(Cn2nccc2NC(=O)CCCOc2ccc(Cl)c(C)c2)c1OC. The summed E-state index contributed by atoms with van der Waals surface area (Å²) in [6.07, 6.45) is 2.57. The van der Waals surface area contributed by atoms with Crippen LogP contribution in [0.25, 0.3) is 0 Å². The van der Waals surface area contributed by atoms with Gasteiger partial charge in [-0.1, -0.05) is 23.7 Å². The minimum absolute atomic E-state index is 0.102. The van der Waals surface area contributed by atoms with Crippen LogP contribution < -0.4 is 19.5 Å². The van der Waals surface area contributed by atoms with Gasteiger partial charge < -0.3 is 19.5 Å². The topological polar surface area (TPSA) is 74.6 Å². The molecular formula is C23H26ClN3O4. The molecule has 164 valence electrons. The van der Waals surface area contributed by atoms with E-state index in [0.29, 0.717) is 48.3 Å². The monoisotopic (exact) mass is 443 g/mol. The molecule has 7 nitrogen and oxygen atoms in total. The highest BCUT2D eigenvalue weighted by Gasteiger charge is 2.13. The summed E-state index contributed by atoms with van der Waals surface area (Å²) in [5.41, 5.74) is 1.85. The Bertz CT molecular complexity index is 1040. The zero-order valence-corrected chi connectivity index (χ0v) is 18.6. The van der Waals surface area contributed by atoms with Crippen molar-refractivity contribution >= 4 is 23.3 Å². The number of carbonyl (C=O) groups is 1. The third kappa shape index (κ3) is 5.92. The van der Waals surface area contributed by atoms with E-state index in [1.807, 2.05) is 37.3 Å². The maximum absolute atomic E-state index is 12.4. The molecule has 0 bridgehead atoms. The molecule has 0 saturated carbocycles. The fourth-order valence-corrected chi connectivity index (χ4v) is 3.26. The second kappa shape index (κ2) is 10.7. The van der Waals surface area contributed by atoms with Gasteiger partial charge in [0.2, 0.25) is 5.91 Å². The molecule has 1 heterocycles. The van der Waals surface area contributed by atoms with Crippen LogP contribution in [0.1, 0.15) is 24.0 Å². The van der Waals surface area contributed by atoms with Crippen LogP contribution >= 0.6 is 11.6 Å². The molecule has 0 unspecified atom stereocenters. The van der Waals surface area contributed by atoms with Crippen molar-refractivity contribution in [2.45, 2.75) is 26.3 Å². The number of ether oxygens (including phenoxy) is 3. The number of rotatable bonds is 10. The second-order valence-corrected chi connectivity index (χ2v) is 7.35. The number of anilines is 1. The lowest BCUT2D eigenvalue weighted by Crippen LogP contribution is -2.17. The molecule has 3 aromatic rings. The molecular weight excluding hydrogens is 418 g/mol. The molecule has 0 atom stereocenters. The van der Waals surface area contributed by atoms with Crippen LogP contribution in [-0.2, 0) is 11.3 Å². The first-order valence-electron chi connectivity index (χ1n) is 9.92. The van der Waals surface area contributed by atoms with Crippen molar-refractivity contribution < 1.29 is 19.0 Å². The number of halogens is 1. The van der Waals surface area contributed by atoms with Gasteiger partial charge in [0.25, 0.3) is 0 Å². The van der Waals surface area contributed by atoms with Crippen LogP contribution in [0.2, 0.25) is 5.02 Å². The van der Waals surface area contributed by atoms with E-state index in [9.17, 15) is 4.79 Å². The summed E-state index contributed by atoms with van der Waals surface area (Å²) >= 11 is 6.02. The fourth-order valence-electron chi connectivity index (χ4n) is 3.14. The number of benzene rings is 2. The highest BCUT2D eigenvalue weighted by Crippen LogP contribution is 2.31. The fraction of sp³-hybridized carbons (Fsp3) is 0.304. The molecule has 0 aliphatic carbocycles. The predicted molar refractivity (Wildman–Crippen MR) is 120 cm³/mol. The van der Waals surface area contributed by atoms with Crippen molar-refractivity contribution in [2.24, 2.45) is 0 Å². The summed E-state index contributed by atoms with van der Waals surface area (Å²) in [7, 11) is 3.19. The van der Waals surface area contributed by atoms with E-state index >= 15 is 0 Å². The molecule has 0 fully saturated rings. The van der Waals surface area contributed by atoms with Crippen LogP contribution in [0.4, 0.5) is 5.82 Å². The Balaban J connectivity index is 1.53. The first-order valence-corrected chi connectivity index (χ1v) is 10.3. The van der Waals surface area contributed by atoms with Gasteiger partial charge in [-0.05, 0) is 43.2 Å². The third-order valence-electron chi connectivity index (χ3n) is 4.73. The van der Waals surface area contributed by atoms with E-state index in [-0.39, 0.29) is 5.91 Å². The third-order valence-corrected chi connectivity index (χ3v) is 5.16. The normalized spacial score (nSPS) is 10.6. The van der Waals surface area contributed by atoms with Crippen molar-refractivity contribution in [1.29, 1.82) is 0 Å². The zero-order chi connectivity index (χ0) is 22.2. The van der Waals surface area contributed by atoms with Gasteiger partial charge in [-0.25, -0.2) is 4.68 Å². The summed E-state index contributed by atoms with van der Waals surface area (Å²) in [6.45, 7) is 2.80. The van der Waals surface area contributed by atoms with E-state index in [2.05, 4.69) is 10.4 Å². The molecule has 0 aliphatic heterocycles. The summed E-state index contributed by atoms with van der Waals surface area (Å²) in [4.78, 5) is 12.4. The van der Waals surface area contributed by atoms with Gasteiger partial charge in [-0.3, -0.25) is 4.79 Å².